The van der Waals surface area contributed by atoms with Gasteiger partial charge in [-0.3, -0.25) is 4.79 Å². The lowest BCUT2D eigenvalue weighted by molar-refractivity contribution is -0.379. The summed E-state index contributed by atoms with van der Waals surface area (Å²) in [4.78, 5) is 13.5. The number of unbranched alkanes of at least 4 members (excludes halogenated alkanes) is 49. The molecule has 0 bridgehead atoms. The first-order valence-electron chi connectivity index (χ1n) is 41.6. The van der Waals surface area contributed by atoms with Crippen molar-refractivity contribution in [1.82, 2.24) is 5.32 Å². The van der Waals surface area contributed by atoms with Crippen LogP contribution in [0, 0.1) is 0 Å². The van der Waals surface area contributed by atoms with E-state index in [2.05, 4.69) is 31.3 Å². The Kier molecular flexibility index (Phi) is 57.6. The number of hydrogen-bond donors (Lipinski definition) is 12. The molecule has 0 aromatic rings. The minimum Gasteiger partial charge on any atom is -0.394 e. The molecule has 3 heterocycles. The first-order valence-corrected chi connectivity index (χ1v) is 41.6. The van der Waals surface area contributed by atoms with Crippen LogP contribution in [0.25, 0.3) is 0 Å². The molecule has 3 rings (SSSR count). The lowest BCUT2D eigenvalue weighted by Gasteiger charge is -2.48. The van der Waals surface area contributed by atoms with Crippen molar-refractivity contribution >= 4 is 5.91 Å². The van der Waals surface area contributed by atoms with Crippen molar-refractivity contribution in [2.75, 3.05) is 26.4 Å². The van der Waals surface area contributed by atoms with Crippen LogP contribution < -0.4 is 5.32 Å². The molecule has 3 fully saturated rings. The van der Waals surface area contributed by atoms with Crippen molar-refractivity contribution in [3.8, 4) is 0 Å². The van der Waals surface area contributed by atoms with Gasteiger partial charge >= 0.3 is 0 Å². The van der Waals surface area contributed by atoms with Crippen molar-refractivity contribution in [3.63, 3.8) is 0 Å². The van der Waals surface area contributed by atoms with Gasteiger partial charge in [0.2, 0.25) is 5.91 Å². The van der Waals surface area contributed by atoms with Crippen LogP contribution in [0.5, 0.6) is 0 Å². The van der Waals surface area contributed by atoms with Crippen LogP contribution in [-0.4, -0.2) is 193 Å². The van der Waals surface area contributed by atoms with Gasteiger partial charge in [-0.15, -0.1) is 0 Å². The monoisotopic (exact) mass is 1430 g/mol. The van der Waals surface area contributed by atoms with Crippen LogP contribution in [0.15, 0.2) is 24.3 Å². The molecule has 12 N–H and O–H groups in total. The van der Waals surface area contributed by atoms with Gasteiger partial charge in [-0.2, -0.15) is 0 Å². The van der Waals surface area contributed by atoms with Gasteiger partial charge in [-0.05, 0) is 44.9 Å². The van der Waals surface area contributed by atoms with Crippen molar-refractivity contribution in [2.45, 2.75) is 458 Å². The van der Waals surface area contributed by atoms with E-state index in [0.717, 1.165) is 44.9 Å². The Labute approximate surface area is 607 Å². The molecule has 0 radical (unpaired) electrons. The second-order valence-electron chi connectivity index (χ2n) is 29.9. The zero-order valence-electron chi connectivity index (χ0n) is 63.2. The molecule has 0 spiro atoms. The topological polar surface area (TPSA) is 307 Å². The molecule has 0 saturated carbocycles. The highest BCUT2D eigenvalue weighted by Crippen LogP contribution is 2.33. The fourth-order valence-electron chi connectivity index (χ4n) is 14.3. The molecule has 0 aromatic heterocycles. The first kappa shape index (κ1) is 92.5. The molecule has 0 aliphatic carbocycles. The summed E-state index contributed by atoms with van der Waals surface area (Å²) in [6.07, 6.45) is 48.9. The minimum atomic E-state index is -1.98. The Morgan fingerprint density at radius 2 is 0.630 bits per heavy atom. The molecule has 3 saturated heterocycles. The predicted octanol–water partition coefficient (Wildman–Crippen LogP) is 14.1. The number of allylic oxidation sites excluding steroid dienone is 3. The van der Waals surface area contributed by atoms with Gasteiger partial charge in [0.15, 0.2) is 18.9 Å². The lowest BCUT2D eigenvalue weighted by Crippen LogP contribution is -2.66. The second kappa shape index (κ2) is 62.3. The third kappa shape index (κ3) is 42.0. The van der Waals surface area contributed by atoms with Crippen LogP contribution in [0.1, 0.15) is 354 Å². The fraction of sp³-hybridized carbons (Fsp3) is 0.938. The zero-order valence-corrected chi connectivity index (χ0v) is 63.2. The molecule has 17 atom stereocenters. The zero-order chi connectivity index (χ0) is 72.5. The standard InChI is InChI=1S/C81H153NO18/c1-3-5-7-9-11-13-15-17-19-21-23-25-27-28-29-30-31-32-33-34-35-37-38-40-42-44-46-48-50-52-54-56-58-65(86)64(82-69(87)59-57-55-53-51-49-47-45-43-41-39-36-26-24-22-20-18-16-14-12-10-8-6-4-2)63-95-79-75(93)72(90)77(67(61-84)97-79)100-81-76(94)73(91)78(68(62-85)98-81)99-80-74(92)71(89)70(88)66(60-83)96-80/h22,24,56,58,64-68,70-81,83-86,88-94H,3-21,23,25-55,57,59-63H2,1-2H3,(H,82,87)/b24-22-,58-56+. The van der Waals surface area contributed by atoms with Gasteiger partial charge < -0.3 is 89.9 Å². The number of aliphatic hydroxyl groups is 11. The molecular formula is C81H153NO18. The number of hydrogen-bond acceptors (Lipinski definition) is 18. The quantitative estimate of drug-likeness (QED) is 0.0199. The largest absolute Gasteiger partial charge is 0.394 e. The van der Waals surface area contributed by atoms with Gasteiger partial charge in [-0.1, -0.05) is 327 Å². The summed E-state index contributed by atoms with van der Waals surface area (Å²) < 4.78 is 34.5. The summed E-state index contributed by atoms with van der Waals surface area (Å²) in [5, 5.41) is 121. The third-order valence-electron chi connectivity index (χ3n) is 21.0. The van der Waals surface area contributed by atoms with Crippen LogP contribution in [0.3, 0.4) is 0 Å². The highest BCUT2D eigenvalue weighted by molar-refractivity contribution is 5.76. The van der Waals surface area contributed by atoms with E-state index >= 15 is 0 Å². The van der Waals surface area contributed by atoms with Crippen LogP contribution in [0.4, 0.5) is 0 Å². The molecule has 17 unspecified atom stereocenters. The van der Waals surface area contributed by atoms with E-state index in [4.69, 9.17) is 28.4 Å². The molecule has 1 amide bonds. The maximum Gasteiger partial charge on any atom is 0.220 e. The summed E-state index contributed by atoms with van der Waals surface area (Å²) in [6, 6.07) is -0.974. The maximum atomic E-state index is 13.5. The van der Waals surface area contributed by atoms with Crippen molar-refractivity contribution in [3.05, 3.63) is 24.3 Å². The Bertz CT molecular complexity index is 1900. The molecule has 590 valence electrons. The highest BCUT2D eigenvalue weighted by Gasteiger charge is 2.54. The van der Waals surface area contributed by atoms with Crippen molar-refractivity contribution in [2.24, 2.45) is 0 Å². The predicted molar refractivity (Wildman–Crippen MR) is 397 cm³/mol. The Balaban J connectivity index is 1.36. The van der Waals surface area contributed by atoms with Gasteiger partial charge in [-0.25, -0.2) is 0 Å². The number of nitrogens with one attached hydrogen (secondary N) is 1. The average molecular weight is 1430 g/mol. The highest BCUT2D eigenvalue weighted by atomic mass is 16.8. The second-order valence-corrected chi connectivity index (χ2v) is 29.9. The average Bonchev–Trinajstić information content (AvgIpc) is 0.783. The van der Waals surface area contributed by atoms with Gasteiger partial charge in [0, 0.05) is 6.42 Å². The Morgan fingerprint density at radius 1 is 0.350 bits per heavy atom. The lowest BCUT2D eigenvalue weighted by atomic mass is 9.96. The van der Waals surface area contributed by atoms with Crippen LogP contribution in [-0.2, 0) is 33.2 Å². The van der Waals surface area contributed by atoms with E-state index in [1.165, 1.54) is 283 Å². The summed E-state index contributed by atoms with van der Waals surface area (Å²) in [7, 11) is 0. The molecule has 3 aliphatic heterocycles. The number of aliphatic hydroxyl groups excluding tert-OH is 11. The smallest absolute Gasteiger partial charge is 0.220 e. The minimum absolute atomic E-state index is 0.245. The summed E-state index contributed by atoms with van der Waals surface area (Å²) >= 11 is 0. The van der Waals surface area contributed by atoms with E-state index in [-0.39, 0.29) is 18.9 Å². The summed E-state index contributed by atoms with van der Waals surface area (Å²) in [5.41, 5.74) is 0. The molecule has 0 aromatic carbocycles. The van der Waals surface area contributed by atoms with E-state index in [9.17, 15) is 61.0 Å². The van der Waals surface area contributed by atoms with E-state index in [1.807, 2.05) is 6.08 Å². The van der Waals surface area contributed by atoms with Crippen LogP contribution in [0.2, 0.25) is 0 Å². The summed E-state index contributed by atoms with van der Waals surface area (Å²) in [6.45, 7) is 1.79. The SMILES string of the molecule is CCCCCCCCCC/C=C\CCCCCCCCCCCCCC(=O)NC(COC1OC(CO)C(OC2OC(CO)C(OC3OC(CO)C(O)C(O)C3O)C(O)C2O)C(O)C1O)C(O)/C=C/CCCCCCCCCCCCCCCCCCCCCCCCCCCCCCCC. The number of amides is 1. The maximum absolute atomic E-state index is 13.5. The normalized spacial score (nSPS) is 26.5. The molecule has 100 heavy (non-hydrogen) atoms. The van der Waals surface area contributed by atoms with Gasteiger partial charge in [0.25, 0.3) is 0 Å². The van der Waals surface area contributed by atoms with Gasteiger partial charge in [0.1, 0.15) is 73.2 Å². The Morgan fingerprint density at radius 3 is 0.970 bits per heavy atom. The first-order chi connectivity index (χ1) is 48.8. The molecule has 3 aliphatic rings. The van der Waals surface area contributed by atoms with E-state index in [1.54, 1.807) is 6.08 Å². The van der Waals surface area contributed by atoms with E-state index < -0.39 is 124 Å². The van der Waals surface area contributed by atoms with E-state index in [0.29, 0.717) is 6.42 Å². The summed E-state index contributed by atoms with van der Waals surface area (Å²) in [5.74, 6) is -0.270. The number of carbonyl (C=O) groups excluding carboxylic acids is 1. The number of rotatable bonds is 67. The molecule has 19 nitrogen and oxygen atoms in total. The molecular weight excluding hydrogens is 1270 g/mol. The number of ether oxygens (including phenoxy) is 6. The fourth-order valence-corrected chi connectivity index (χ4v) is 14.3. The number of carbonyl (C=O) groups is 1. The molecule has 19 heteroatoms. The van der Waals surface area contributed by atoms with Crippen molar-refractivity contribution in [1.29, 1.82) is 0 Å². The third-order valence-corrected chi connectivity index (χ3v) is 21.0. The van der Waals surface area contributed by atoms with Gasteiger partial charge in [0.05, 0.1) is 38.6 Å². The van der Waals surface area contributed by atoms with Crippen molar-refractivity contribution < 1.29 is 89.4 Å². The Hall–Kier alpha value is -1.73. The van der Waals surface area contributed by atoms with Crippen LogP contribution >= 0.6 is 0 Å².